The molecule has 0 aliphatic carbocycles. The molecule has 1 fully saturated rings. The number of carbonyl (C=O) groups excluding carboxylic acids is 2. The van der Waals surface area contributed by atoms with E-state index in [1.165, 1.54) is 18.2 Å². The highest BCUT2D eigenvalue weighted by molar-refractivity contribution is 9.10. The lowest BCUT2D eigenvalue weighted by molar-refractivity contribution is -0.117. The normalized spacial score (nSPS) is 14.0. The van der Waals surface area contributed by atoms with Crippen LogP contribution in [0.15, 0.2) is 53.5 Å². The lowest BCUT2D eigenvalue weighted by atomic mass is 9.92. The van der Waals surface area contributed by atoms with Gasteiger partial charge in [0.25, 0.3) is 0 Å². The van der Waals surface area contributed by atoms with Gasteiger partial charge in [0.05, 0.1) is 22.1 Å². The molecule has 1 saturated heterocycles. The number of aromatic nitrogens is 3. The Hall–Kier alpha value is -3.60. The molecule has 3 N–H and O–H groups in total. The standard InChI is InChI=1S/C23H23BrFN7O2/c1-14-12-32(13-28-14)20-5-3-17(11-27-20)30-23(34)31-8-6-15(7-9-31)21(33)22(26)29-16-2-4-19(25)18(24)10-16/h2-5,10-13,15H,6-9H2,1H3,(H2,26,29)(H,30,34). The van der Waals surface area contributed by atoms with Crippen molar-refractivity contribution in [1.29, 1.82) is 5.41 Å². The van der Waals surface area contributed by atoms with E-state index in [2.05, 4.69) is 36.5 Å². The fraction of sp³-hybridized carbons (Fsp3) is 0.261. The fourth-order valence-corrected chi connectivity index (χ4v) is 4.07. The second-order valence-electron chi connectivity index (χ2n) is 8.01. The number of urea groups is 1. The summed E-state index contributed by atoms with van der Waals surface area (Å²) in [7, 11) is 0. The molecule has 3 heterocycles. The zero-order chi connectivity index (χ0) is 24.2. The Balaban J connectivity index is 1.27. The van der Waals surface area contributed by atoms with E-state index in [9.17, 15) is 14.0 Å². The number of hydrogen-bond donors (Lipinski definition) is 3. The third kappa shape index (κ3) is 5.48. The number of halogens is 2. The number of rotatable bonds is 5. The molecule has 0 radical (unpaired) electrons. The van der Waals surface area contributed by atoms with E-state index >= 15 is 0 Å². The molecule has 9 nitrogen and oxygen atoms in total. The number of piperidine rings is 1. The minimum absolute atomic E-state index is 0.249. The Labute approximate surface area is 204 Å². The second-order valence-corrected chi connectivity index (χ2v) is 8.87. The summed E-state index contributed by atoms with van der Waals surface area (Å²) in [5.41, 5.74) is 1.90. The fourth-order valence-electron chi connectivity index (χ4n) is 3.69. The van der Waals surface area contributed by atoms with E-state index in [1.54, 1.807) is 34.1 Å². The van der Waals surface area contributed by atoms with Gasteiger partial charge < -0.3 is 15.5 Å². The molecule has 176 valence electrons. The summed E-state index contributed by atoms with van der Waals surface area (Å²) in [6.45, 7) is 2.70. The predicted octanol–water partition coefficient (Wildman–Crippen LogP) is 4.38. The van der Waals surface area contributed by atoms with Crippen molar-refractivity contribution < 1.29 is 14.0 Å². The van der Waals surface area contributed by atoms with Crippen LogP contribution in [0.1, 0.15) is 18.5 Å². The maximum atomic E-state index is 13.4. The maximum Gasteiger partial charge on any atom is 0.321 e. The Morgan fingerprint density at radius 1 is 1.12 bits per heavy atom. The highest BCUT2D eigenvalue weighted by Gasteiger charge is 2.29. The average Bonchev–Trinajstić information content (AvgIpc) is 3.27. The number of hydrogen-bond acceptors (Lipinski definition) is 5. The lowest BCUT2D eigenvalue weighted by Crippen LogP contribution is -2.44. The van der Waals surface area contributed by atoms with E-state index in [0.29, 0.717) is 43.1 Å². The number of nitrogens with one attached hydrogen (secondary N) is 3. The first-order chi connectivity index (χ1) is 16.3. The molecule has 3 aromatic rings. The maximum absolute atomic E-state index is 13.4. The van der Waals surface area contributed by atoms with Crippen LogP contribution in [-0.2, 0) is 4.79 Å². The first-order valence-corrected chi connectivity index (χ1v) is 11.5. The van der Waals surface area contributed by atoms with Gasteiger partial charge in [0, 0.05) is 30.9 Å². The van der Waals surface area contributed by atoms with E-state index in [0.717, 1.165) is 5.69 Å². The molecule has 0 unspecified atom stereocenters. The van der Waals surface area contributed by atoms with Gasteiger partial charge >= 0.3 is 6.03 Å². The highest BCUT2D eigenvalue weighted by atomic mass is 79.9. The van der Waals surface area contributed by atoms with Crippen LogP contribution in [0, 0.1) is 24.1 Å². The molecule has 1 aliphatic heterocycles. The summed E-state index contributed by atoms with van der Waals surface area (Å²) in [6.07, 6.45) is 6.04. The second kappa shape index (κ2) is 10.1. The number of carbonyl (C=O) groups is 2. The Morgan fingerprint density at radius 2 is 1.85 bits per heavy atom. The van der Waals surface area contributed by atoms with Crippen molar-refractivity contribution in [3.05, 3.63) is 65.0 Å². The summed E-state index contributed by atoms with van der Waals surface area (Å²) in [5, 5.41) is 13.6. The summed E-state index contributed by atoms with van der Waals surface area (Å²) in [5.74, 6) is -0.653. The number of aryl methyl sites for hydroxylation is 1. The molecule has 2 amide bonds. The third-order valence-corrected chi connectivity index (χ3v) is 6.17. The van der Waals surface area contributed by atoms with Crippen molar-refractivity contribution in [3.63, 3.8) is 0 Å². The van der Waals surface area contributed by atoms with Gasteiger partial charge in [-0.2, -0.15) is 0 Å². The molecule has 0 spiro atoms. The van der Waals surface area contributed by atoms with Crippen LogP contribution in [0.25, 0.3) is 5.82 Å². The van der Waals surface area contributed by atoms with Crippen molar-refractivity contribution >= 4 is 45.0 Å². The van der Waals surface area contributed by atoms with Crippen LogP contribution >= 0.6 is 15.9 Å². The van der Waals surface area contributed by atoms with Crippen molar-refractivity contribution in [2.24, 2.45) is 5.92 Å². The zero-order valence-electron chi connectivity index (χ0n) is 18.4. The van der Waals surface area contributed by atoms with Gasteiger partial charge in [-0.25, -0.2) is 19.2 Å². The molecule has 11 heteroatoms. The van der Waals surface area contributed by atoms with Crippen LogP contribution < -0.4 is 10.6 Å². The van der Waals surface area contributed by atoms with Gasteiger partial charge in [0.15, 0.2) is 5.84 Å². The van der Waals surface area contributed by atoms with Gasteiger partial charge in [-0.15, -0.1) is 0 Å². The molecule has 0 atom stereocenters. The average molecular weight is 528 g/mol. The summed E-state index contributed by atoms with van der Waals surface area (Å²) < 4.78 is 15.4. The van der Waals surface area contributed by atoms with Crippen molar-refractivity contribution in [2.45, 2.75) is 19.8 Å². The Morgan fingerprint density at radius 3 is 2.47 bits per heavy atom. The number of nitrogens with zero attached hydrogens (tertiary/aromatic N) is 4. The molecule has 0 saturated carbocycles. The third-order valence-electron chi connectivity index (χ3n) is 5.56. The number of amidine groups is 1. The van der Waals surface area contributed by atoms with Crippen molar-refractivity contribution in [1.82, 2.24) is 19.4 Å². The number of imidazole rings is 1. The highest BCUT2D eigenvalue weighted by Crippen LogP contribution is 2.22. The summed E-state index contributed by atoms with van der Waals surface area (Å²) in [6, 6.07) is 7.49. The van der Waals surface area contributed by atoms with E-state index in [1.807, 2.05) is 13.1 Å². The van der Waals surface area contributed by atoms with Crippen molar-refractivity contribution in [3.8, 4) is 5.82 Å². The van der Waals surface area contributed by atoms with E-state index in [-0.39, 0.29) is 28.0 Å². The molecule has 1 aliphatic rings. The monoisotopic (exact) mass is 527 g/mol. The minimum Gasteiger partial charge on any atom is -0.338 e. The molecule has 0 bridgehead atoms. The molecular weight excluding hydrogens is 505 g/mol. The Bertz CT molecular complexity index is 1220. The van der Waals surface area contributed by atoms with Gasteiger partial charge in [-0.05, 0) is 66.0 Å². The molecule has 4 rings (SSSR count). The van der Waals surface area contributed by atoms with Crippen LogP contribution in [0.5, 0.6) is 0 Å². The van der Waals surface area contributed by atoms with E-state index in [4.69, 9.17) is 5.41 Å². The summed E-state index contributed by atoms with van der Waals surface area (Å²) >= 11 is 3.09. The van der Waals surface area contributed by atoms with Crippen LogP contribution in [0.3, 0.4) is 0 Å². The van der Waals surface area contributed by atoms with Gasteiger partial charge in [-0.1, -0.05) is 0 Å². The topological polar surface area (TPSA) is 116 Å². The number of Topliss-reactive ketones (excluding diaryl/α,β-unsaturated/α-hetero) is 1. The molecular formula is C23H23BrFN7O2. The SMILES string of the molecule is Cc1cn(-c2ccc(NC(=O)N3CCC(C(=O)C(=N)Nc4ccc(F)c(Br)c4)CC3)cn2)cn1. The van der Waals surface area contributed by atoms with Gasteiger partial charge in [0.1, 0.15) is 18.0 Å². The zero-order valence-corrected chi connectivity index (χ0v) is 20.0. The van der Waals surface area contributed by atoms with Gasteiger partial charge in [-0.3, -0.25) is 14.8 Å². The number of likely N-dealkylation sites (tertiary alicyclic amines) is 1. The number of benzene rings is 1. The Kier molecular flexibility index (Phi) is 7.01. The molecule has 2 aromatic heterocycles. The van der Waals surface area contributed by atoms with Crippen LogP contribution in [0.4, 0.5) is 20.6 Å². The smallest absolute Gasteiger partial charge is 0.321 e. The number of pyridine rings is 1. The molecule has 34 heavy (non-hydrogen) atoms. The lowest BCUT2D eigenvalue weighted by Gasteiger charge is -2.31. The first-order valence-electron chi connectivity index (χ1n) is 10.7. The summed E-state index contributed by atoms with van der Waals surface area (Å²) in [4.78, 5) is 35.5. The number of anilines is 2. The minimum atomic E-state index is -0.422. The number of amides is 2. The quantitative estimate of drug-likeness (QED) is 0.336. The van der Waals surface area contributed by atoms with Crippen LogP contribution in [-0.4, -0.2) is 50.2 Å². The predicted molar refractivity (Wildman–Crippen MR) is 130 cm³/mol. The van der Waals surface area contributed by atoms with Crippen molar-refractivity contribution in [2.75, 3.05) is 23.7 Å². The van der Waals surface area contributed by atoms with Gasteiger partial charge in [0.2, 0.25) is 5.78 Å². The van der Waals surface area contributed by atoms with E-state index < -0.39 is 5.82 Å². The first kappa shape index (κ1) is 23.6. The largest absolute Gasteiger partial charge is 0.338 e. The van der Waals surface area contributed by atoms with Crippen LogP contribution in [0.2, 0.25) is 0 Å². The molecule has 1 aromatic carbocycles. The number of ketones is 1.